The summed E-state index contributed by atoms with van der Waals surface area (Å²) in [5, 5.41) is 3.61. The van der Waals surface area contributed by atoms with Crippen molar-refractivity contribution in [3.8, 4) is 0 Å². The van der Waals surface area contributed by atoms with Gasteiger partial charge in [-0.15, -0.1) is 0 Å². The Morgan fingerprint density at radius 3 is 2.55 bits per heavy atom. The summed E-state index contributed by atoms with van der Waals surface area (Å²) in [6, 6.07) is 1.31. The number of nitrogens with zero attached hydrogens (tertiary/aromatic N) is 4. The molecular weight excluding hydrogens is 294 g/mol. The van der Waals surface area contributed by atoms with Crippen LogP contribution in [-0.4, -0.2) is 58.1 Å². The topological polar surface area (TPSA) is 58.4 Å². The molecule has 0 radical (unpaired) electrons. The number of hydrogen-bond acceptors (Lipinski definition) is 3. The third-order valence-electron chi connectivity index (χ3n) is 4.66. The lowest BCUT2D eigenvalue weighted by molar-refractivity contribution is -0.126. The highest BCUT2D eigenvalue weighted by Crippen LogP contribution is 2.40. The zero-order chi connectivity index (χ0) is 15.9. The van der Waals surface area contributed by atoms with Crippen LogP contribution in [0.5, 0.6) is 0 Å². The van der Waals surface area contributed by atoms with Gasteiger partial charge in [0.1, 0.15) is 0 Å². The van der Waals surface area contributed by atoms with Gasteiger partial charge in [-0.2, -0.15) is 13.9 Å². The number of rotatable bonds is 2. The molecule has 2 saturated heterocycles. The summed E-state index contributed by atoms with van der Waals surface area (Å²) in [5.41, 5.74) is 0.00108. The Hall–Kier alpha value is -1.99. The fraction of sp³-hybridized carbons (Fsp3) is 0.643. The van der Waals surface area contributed by atoms with Crippen molar-refractivity contribution in [3.63, 3.8) is 0 Å². The van der Waals surface area contributed by atoms with E-state index in [9.17, 15) is 18.4 Å². The molecule has 1 aromatic rings. The second kappa shape index (κ2) is 5.33. The van der Waals surface area contributed by atoms with Crippen LogP contribution in [0.2, 0.25) is 0 Å². The van der Waals surface area contributed by atoms with E-state index >= 15 is 0 Å². The van der Waals surface area contributed by atoms with Crippen LogP contribution in [0.3, 0.4) is 0 Å². The van der Waals surface area contributed by atoms with Crippen LogP contribution in [0.15, 0.2) is 12.3 Å². The monoisotopic (exact) mass is 312 g/mol. The number of hydrogen-bond donors (Lipinski definition) is 0. The molecule has 0 atom stereocenters. The summed E-state index contributed by atoms with van der Waals surface area (Å²) in [6.07, 6.45) is 3.15. The van der Waals surface area contributed by atoms with Crippen LogP contribution in [-0.2, 0) is 4.79 Å². The number of alkyl halides is 2. The van der Waals surface area contributed by atoms with Crippen molar-refractivity contribution in [1.82, 2.24) is 19.6 Å². The van der Waals surface area contributed by atoms with Gasteiger partial charge in [0, 0.05) is 44.7 Å². The predicted molar refractivity (Wildman–Crippen MR) is 73.3 cm³/mol. The lowest BCUT2D eigenvalue weighted by Gasteiger charge is -2.38. The molecule has 0 bridgehead atoms. The average molecular weight is 312 g/mol. The van der Waals surface area contributed by atoms with Crippen molar-refractivity contribution in [2.75, 3.05) is 26.7 Å². The van der Waals surface area contributed by atoms with Crippen LogP contribution < -0.4 is 0 Å². The SMILES string of the molecule is CN1CC2(CCN(C(=O)c3ccn(C(F)F)n3)CC2)CC1=O. The van der Waals surface area contributed by atoms with E-state index in [0.29, 0.717) is 24.2 Å². The standard InChI is InChI=1S/C14H18F2N4O2/c1-18-9-14(8-11(18)21)3-6-19(7-4-14)12(22)10-2-5-20(17-10)13(15)16/h2,5,13H,3-4,6-9H2,1H3. The van der Waals surface area contributed by atoms with Gasteiger partial charge >= 0.3 is 6.55 Å². The van der Waals surface area contributed by atoms with Gasteiger partial charge in [-0.05, 0) is 18.9 Å². The second-order valence-corrected chi connectivity index (χ2v) is 6.18. The molecule has 0 saturated carbocycles. The smallest absolute Gasteiger partial charge is 0.333 e. The number of likely N-dealkylation sites (tertiary alicyclic amines) is 2. The van der Waals surface area contributed by atoms with Crippen molar-refractivity contribution >= 4 is 11.8 Å². The molecule has 0 aromatic carbocycles. The highest BCUT2D eigenvalue weighted by atomic mass is 19.3. The molecular formula is C14H18F2N4O2. The Morgan fingerprint density at radius 2 is 2.05 bits per heavy atom. The van der Waals surface area contributed by atoms with Crippen molar-refractivity contribution in [3.05, 3.63) is 18.0 Å². The van der Waals surface area contributed by atoms with Crippen molar-refractivity contribution in [1.29, 1.82) is 0 Å². The van der Waals surface area contributed by atoms with E-state index in [1.807, 2.05) is 0 Å². The number of halogens is 2. The van der Waals surface area contributed by atoms with Crippen molar-refractivity contribution in [2.24, 2.45) is 5.41 Å². The highest BCUT2D eigenvalue weighted by Gasteiger charge is 2.44. The van der Waals surface area contributed by atoms with Crippen molar-refractivity contribution in [2.45, 2.75) is 25.8 Å². The molecule has 2 aliphatic rings. The average Bonchev–Trinajstić information content (AvgIpc) is 3.06. The van der Waals surface area contributed by atoms with Gasteiger partial charge in [0.05, 0.1) is 0 Å². The van der Waals surface area contributed by atoms with Crippen LogP contribution >= 0.6 is 0 Å². The fourth-order valence-electron chi connectivity index (χ4n) is 3.34. The Morgan fingerprint density at radius 1 is 1.36 bits per heavy atom. The Labute approximate surface area is 126 Å². The number of carbonyl (C=O) groups is 2. The van der Waals surface area contributed by atoms with Crippen molar-refractivity contribution < 1.29 is 18.4 Å². The van der Waals surface area contributed by atoms with Gasteiger partial charge < -0.3 is 9.80 Å². The molecule has 1 spiro atoms. The van der Waals surface area contributed by atoms with Gasteiger partial charge in [-0.25, -0.2) is 4.68 Å². The summed E-state index contributed by atoms with van der Waals surface area (Å²) in [6.45, 7) is -0.956. The van der Waals surface area contributed by atoms with Crippen LogP contribution in [0.25, 0.3) is 0 Å². The largest absolute Gasteiger partial charge is 0.345 e. The number of aromatic nitrogens is 2. The first-order chi connectivity index (χ1) is 10.4. The lowest BCUT2D eigenvalue weighted by atomic mass is 9.77. The molecule has 2 amide bonds. The molecule has 2 aliphatic heterocycles. The summed E-state index contributed by atoms with van der Waals surface area (Å²) in [4.78, 5) is 27.4. The maximum absolute atomic E-state index is 12.5. The quantitative estimate of drug-likeness (QED) is 0.828. The third-order valence-corrected chi connectivity index (χ3v) is 4.66. The van der Waals surface area contributed by atoms with Crippen LogP contribution in [0.4, 0.5) is 8.78 Å². The summed E-state index contributed by atoms with van der Waals surface area (Å²) in [5.74, 6) is -0.178. The molecule has 0 N–H and O–H groups in total. The van der Waals surface area contributed by atoms with Gasteiger partial charge in [0.25, 0.3) is 5.91 Å². The second-order valence-electron chi connectivity index (χ2n) is 6.18. The molecule has 0 aliphatic carbocycles. The summed E-state index contributed by atoms with van der Waals surface area (Å²) >= 11 is 0. The lowest BCUT2D eigenvalue weighted by Crippen LogP contribution is -2.44. The van der Waals surface area contributed by atoms with Crippen LogP contribution in [0.1, 0.15) is 36.3 Å². The first-order valence-electron chi connectivity index (χ1n) is 7.27. The number of amides is 2. The summed E-state index contributed by atoms with van der Waals surface area (Å²) in [7, 11) is 1.80. The van der Waals surface area contributed by atoms with E-state index in [1.165, 1.54) is 6.07 Å². The van der Waals surface area contributed by atoms with E-state index in [0.717, 1.165) is 25.6 Å². The Balaban J connectivity index is 1.63. The third kappa shape index (κ3) is 2.57. The van der Waals surface area contributed by atoms with E-state index in [4.69, 9.17) is 0 Å². The Kier molecular flexibility index (Phi) is 3.62. The van der Waals surface area contributed by atoms with E-state index in [-0.39, 0.29) is 22.9 Å². The zero-order valence-corrected chi connectivity index (χ0v) is 12.3. The minimum absolute atomic E-state index is 0.0368. The van der Waals surface area contributed by atoms with Crippen LogP contribution in [0, 0.1) is 5.41 Å². The summed E-state index contributed by atoms with van der Waals surface area (Å²) < 4.78 is 25.5. The Bertz CT molecular complexity index is 593. The van der Waals surface area contributed by atoms with E-state index in [1.54, 1.807) is 16.8 Å². The predicted octanol–water partition coefficient (Wildman–Crippen LogP) is 1.36. The normalized spacial score (nSPS) is 21.2. The minimum Gasteiger partial charge on any atom is -0.345 e. The maximum Gasteiger partial charge on any atom is 0.333 e. The molecule has 1 aromatic heterocycles. The van der Waals surface area contributed by atoms with E-state index < -0.39 is 6.55 Å². The minimum atomic E-state index is -2.74. The molecule has 2 fully saturated rings. The van der Waals surface area contributed by atoms with Gasteiger partial charge in [0.2, 0.25) is 5.91 Å². The first kappa shape index (κ1) is 14.9. The van der Waals surface area contributed by atoms with Gasteiger partial charge in [0.15, 0.2) is 5.69 Å². The molecule has 3 heterocycles. The molecule has 3 rings (SSSR count). The van der Waals surface area contributed by atoms with E-state index in [2.05, 4.69) is 5.10 Å². The fourth-order valence-corrected chi connectivity index (χ4v) is 3.34. The maximum atomic E-state index is 12.5. The van der Waals surface area contributed by atoms with Gasteiger partial charge in [-0.1, -0.05) is 0 Å². The zero-order valence-electron chi connectivity index (χ0n) is 12.3. The molecule has 0 unspecified atom stereocenters. The number of carbonyl (C=O) groups excluding carboxylic acids is 2. The molecule has 6 nitrogen and oxygen atoms in total. The molecule has 22 heavy (non-hydrogen) atoms. The highest BCUT2D eigenvalue weighted by molar-refractivity contribution is 5.92. The first-order valence-corrected chi connectivity index (χ1v) is 7.27. The van der Waals surface area contributed by atoms with Gasteiger partial charge in [-0.3, -0.25) is 9.59 Å². The molecule has 120 valence electrons. The number of piperidine rings is 1. The molecule has 8 heteroatoms.